The van der Waals surface area contributed by atoms with Gasteiger partial charge in [0.05, 0.1) is 13.2 Å². The van der Waals surface area contributed by atoms with E-state index in [4.69, 9.17) is 15.2 Å². The number of unbranched alkanes of at least 4 members (excludes halogenated alkanes) is 16. The first-order valence-corrected chi connectivity index (χ1v) is 15.7. The summed E-state index contributed by atoms with van der Waals surface area (Å²) in [6.45, 7) is 4.92. The Balaban J connectivity index is 3.44. The smallest absolute Gasteiger partial charge is 0.322 e. The van der Waals surface area contributed by atoms with Crippen molar-refractivity contribution in [2.75, 3.05) is 13.2 Å². The van der Waals surface area contributed by atoms with Crippen LogP contribution in [0.15, 0.2) is 0 Å². The first-order chi connectivity index (χ1) is 18.0. The molecule has 220 valence electrons. The van der Waals surface area contributed by atoms with E-state index in [9.17, 15) is 14.0 Å². The van der Waals surface area contributed by atoms with Gasteiger partial charge in [-0.15, -0.1) is 0 Å². The Hall–Kier alpha value is -1.17. The van der Waals surface area contributed by atoms with E-state index in [0.29, 0.717) is 38.7 Å². The van der Waals surface area contributed by atoms with Gasteiger partial charge >= 0.3 is 11.9 Å². The van der Waals surface area contributed by atoms with Crippen molar-refractivity contribution in [3.8, 4) is 0 Å². The molecule has 37 heavy (non-hydrogen) atoms. The minimum Gasteiger partial charge on any atom is -0.466 e. The second-order valence-corrected chi connectivity index (χ2v) is 10.7. The molecule has 2 unspecified atom stereocenters. The molecule has 0 heterocycles. The van der Waals surface area contributed by atoms with Gasteiger partial charge in [0.2, 0.25) is 0 Å². The average Bonchev–Trinajstić information content (AvgIpc) is 2.88. The molecule has 0 aliphatic rings. The molecular formula is C31H60FNO4. The number of alkyl halides is 1. The molecule has 0 aliphatic heterocycles. The lowest BCUT2D eigenvalue weighted by Crippen LogP contribution is -2.32. The molecule has 0 aliphatic carbocycles. The van der Waals surface area contributed by atoms with Crippen LogP contribution in [0.3, 0.4) is 0 Å². The monoisotopic (exact) mass is 529 g/mol. The normalized spacial score (nSPS) is 12.9. The third kappa shape index (κ3) is 26.2. The summed E-state index contributed by atoms with van der Waals surface area (Å²) in [5.74, 6) is -0.663. The zero-order chi connectivity index (χ0) is 27.4. The summed E-state index contributed by atoms with van der Waals surface area (Å²) >= 11 is 0. The van der Waals surface area contributed by atoms with Crippen molar-refractivity contribution in [2.45, 2.75) is 174 Å². The summed E-state index contributed by atoms with van der Waals surface area (Å²) < 4.78 is 24.1. The highest BCUT2D eigenvalue weighted by atomic mass is 19.1. The van der Waals surface area contributed by atoms with Crippen LogP contribution in [0.1, 0.15) is 162 Å². The lowest BCUT2D eigenvalue weighted by atomic mass is 10.0. The molecular weight excluding hydrogens is 469 g/mol. The third-order valence-corrected chi connectivity index (χ3v) is 7.01. The Morgan fingerprint density at radius 2 is 1.08 bits per heavy atom. The summed E-state index contributed by atoms with van der Waals surface area (Å²) in [5, 5.41) is 0. The van der Waals surface area contributed by atoms with Crippen molar-refractivity contribution in [3.05, 3.63) is 0 Å². The molecule has 0 fully saturated rings. The largest absolute Gasteiger partial charge is 0.466 e. The van der Waals surface area contributed by atoms with E-state index in [0.717, 1.165) is 32.1 Å². The molecule has 0 aromatic heterocycles. The van der Waals surface area contributed by atoms with Gasteiger partial charge in [0.15, 0.2) is 0 Å². The quantitative estimate of drug-likeness (QED) is 0.0809. The molecule has 0 aromatic carbocycles. The van der Waals surface area contributed by atoms with Crippen LogP contribution in [-0.4, -0.2) is 37.4 Å². The number of carbonyl (C=O) groups is 2. The molecule has 5 nitrogen and oxygen atoms in total. The SMILES string of the molecule is CCCCCCCCCCCCCCCCOC(=O)CCCCC(N)C(=O)OCCC(F)CCCCC. The Kier molecular flexibility index (Phi) is 27.0. The van der Waals surface area contributed by atoms with Gasteiger partial charge in [0, 0.05) is 12.8 Å². The van der Waals surface area contributed by atoms with Crippen LogP contribution in [0.25, 0.3) is 0 Å². The van der Waals surface area contributed by atoms with Gasteiger partial charge in [0.1, 0.15) is 12.2 Å². The van der Waals surface area contributed by atoms with Crippen LogP contribution in [0.4, 0.5) is 4.39 Å². The number of halogens is 1. The van der Waals surface area contributed by atoms with E-state index in [2.05, 4.69) is 13.8 Å². The number of esters is 2. The van der Waals surface area contributed by atoms with Gasteiger partial charge in [-0.1, -0.05) is 123 Å². The molecule has 0 rings (SSSR count). The fraction of sp³-hybridized carbons (Fsp3) is 0.935. The van der Waals surface area contributed by atoms with Crippen molar-refractivity contribution in [3.63, 3.8) is 0 Å². The molecule has 0 spiro atoms. The topological polar surface area (TPSA) is 78.6 Å². The highest BCUT2D eigenvalue weighted by molar-refractivity contribution is 5.75. The second kappa shape index (κ2) is 27.9. The van der Waals surface area contributed by atoms with Crippen molar-refractivity contribution in [1.82, 2.24) is 0 Å². The molecule has 0 bridgehead atoms. The highest BCUT2D eigenvalue weighted by Crippen LogP contribution is 2.14. The number of hydrogen-bond donors (Lipinski definition) is 1. The van der Waals surface area contributed by atoms with Crippen LogP contribution in [0, 0.1) is 0 Å². The fourth-order valence-corrected chi connectivity index (χ4v) is 4.46. The summed E-state index contributed by atoms with van der Waals surface area (Å²) in [7, 11) is 0. The maximum absolute atomic E-state index is 13.7. The van der Waals surface area contributed by atoms with Crippen molar-refractivity contribution in [2.24, 2.45) is 5.73 Å². The summed E-state index contributed by atoms with van der Waals surface area (Å²) in [4.78, 5) is 23.8. The lowest BCUT2D eigenvalue weighted by molar-refractivity contribution is -0.145. The van der Waals surface area contributed by atoms with E-state index in [1.807, 2.05) is 0 Å². The van der Waals surface area contributed by atoms with Crippen LogP contribution in [-0.2, 0) is 19.1 Å². The van der Waals surface area contributed by atoms with Crippen molar-refractivity contribution in [1.29, 1.82) is 0 Å². The predicted molar refractivity (Wildman–Crippen MR) is 152 cm³/mol. The molecule has 0 radical (unpaired) electrons. The molecule has 0 amide bonds. The van der Waals surface area contributed by atoms with Gasteiger partial charge in [-0.3, -0.25) is 9.59 Å². The van der Waals surface area contributed by atoms with Crippen LogP contribution >= 0.6 is 0 Å². The summed E-state index contributed by atoms with van der Waals surface area (Å²) in [5.41, 5.74) is 5.86. The number of carbonyl (C=O) groups excluding carboxylic acids is 2. The number of rotatable bonds is 28. The average molecular weight is 530 g/mol. The summed E-state index contributed by atoms with van der Waals surface area (Å²) in [6.07, 6.45) is 23.2. The second-order valence-electron chi connectivity index (χ2n) is 10.7. The zero-order valence-corrected chi connectivity index (χ0v) is 24.4. The third-order valence-electron chi connectivity index (χ3n) is 7.01. The van der Waals surface area contributed by atoms with E-state index in [1.54, 1.807) is 0 Å². The van der Waals surface area contributed by atoms with Crippen LogP contribution in [0.5, 0.6) is 0 Å². The predicted octanol–water partition coefficient (Wildman–Crippen LogP) is 8.75. The maximum atomic E-state index is 13.7. The zero-order valence-electron chi connectivity index (χ0n) is 24.4. The van der Waals surface area contributed by atoms with Crippen LogP contribution in [0.2, 0.25) is 0 Å². The maximum Gasteiger partial charge on any atom is 0.322 e. The minimum absolute atomic E-state index is 0.0748. The van der Waals surface area contributed by atoms with Gasteiger partial charge in [-0.2, -0.15) is 0 Å². The minimum atomic E-state index is -0.925. The molecule has 2 atom stereocenters. The Morgan fingerprint density at radius 1 is 0.595 bits per heavy atom. The van der Waals surface area contributed by atoms with Gasteiger partial charge in [0.25, 0.3) is 0 Å². The lowest BCUT2D eigenvalue weighted by Gasteiger charge is -2.13. The molecule has 0 saturated carbocycles. The fourth-order valence-electron chi connectivity index (χ4n) is 4.46. The van der Waals surface area contributed by atoms with Gasteiger partial charge in [-0.25, -0.2) is 4.39 Å². The number of nitrogens with two attached hydrogens (primary N) is 1. The molecule has 2 N–H and O–H groups in total. The molecule has 0 aromatic rings. The Labute approximate surface area is 228 Å². The van der Waals surface area contributed by atoms with E-state index in [1.165, 1.54) is 77.0 Å². The first kappa shape index (κ1) is 35.8. The van der Waals surface area contributed by atoms with Crippen LogP contribution < -0.4 is 5.73 Å². The van der Waals surface area contributed by atoms with E-state index >= 15 is 0 Å². The van der Waals surface area contributed by atoms with E-state index < -0.39 is 18.2 Å². The highest BCUT2D eigenvalue weighted by Gasteiger charge is 2.16. The van der Waals surface area contributed by atoms with E-state index in [-0.39, 0.29) is 19.0 Å². The number of hydrogen-bond acceptors (Lipinski definition) is 5. The number of ether oxygens (including phenoxy) is 2. The molecule has 6 heteroatoms. The van der Waals surface area contributed by atoms with Crippen molar-refractivity contribution >= 4 is 11.9 Å². The van der Waals surface area contributed by atoms with Gasteiger partial charge in [-0.05, 0) is 25.7 Å². The Bertz CT molecular complexity index is 517. The molecule has 0 saturated heterocycles. The summed E-state index contributed by atoms with van der Waals surface area (Å²) in [6, 6.07) is -0.718. The van der Waals surface area contributed by atoms with Gasteiger partial charge < -0.3 is 15.2 Å². The standard InChI is InChI=1S/C31H60FNO4/c1-3-5-7-8-9-10-11-12-13-14-15-16-17-21-26-36-30(34)24-20-19-23-29(33)31(35)37-27-25-28(32)22-18-6-4-2/h28-29H,3-27,33H2,1-2H3. The van der Waals surface area contributed by atoms with Crippen molar-refractivity contribution < 1.29 is 23.5 Å². The Morgan fingerprint density at radius 3 is 1.65 bits per heavy atom. The first-order valence-electron chi connectivity index (χ1n) is 15.7.